The van der Waals surface area contributed by atoms with E-state index in [2.05, 4.69) is 108 Å². The summed E-state index contributed by atoms with van der Waals surface area (Å²) in [6.07, 6.45) is 0. The minimum absolute atomic E-state index is 1.00. The van der Waals surface area contributed by atoms with Gasteiger partial charge in [0.15, 0.2) is 0 Å². The van der Waals surface area contributed by atoms with E-state index in [4.69, 9.17) is 0 Å². The summed E-state index contributed by atoms with van der Waals surface area (Å²) in [7, 11) is -5.38. The van der Waals surface area contributed by atoms with E-state index < -0.39 is 32.3 Å². The van der Waals surface area contributed by atoms with Crippen LogP contribution in [0.2, 0.25) is 75.9 Å². The van der Waals surface area contributed by atoms with Crippen molar-refractivity contribution in [2.75, 3.05) is 0 Å². The normalized spacial score (nSPS) is 16.1. The second-order valence-corrected chi connectivity index (χ2v) is 34.7. The summed E-state index contributed by atoms with van der Waals surface area (Å²) in [6, 6.07) is 16.3. The van der Waals surface area contributed by atoms with Gasteiger partial charge < -0.3 is 0 Å². The molecule has 0 spiro atoms. The van der Waals surface area contributed by atoms with E-state index in [0.29, 0.717) is 0 Å². The highest BCUT2D eigenvalue weighted by Gasteiger charge is 2.52. The molecule has 0 fully saturated rings. The summed E-state index contributed by atoms with van der Waals surface area (Å²) in [4.78, 5) is 1.00. The topological polar surface area (TPSA) is 0 Å². The highest BCUT2D eigenvalue weighted by atomic mass is 28.5. The van der Waals surface area contributed by atoms with Crippen LogP contribution in [-0.4, -0.2) is 32.3 Å². The zero-order chi connectivity index (χ0) is 20.0. The van der Waals surface area contributed by atoms with Crippen molar-refractivity contribution in [3.63, 3.8) is 0 Å². The van der Waals surface area contributed by atoms with Crippen LogP contribution in [0.4, 0.5) is 0 Å². The monoisotopic (exact) mass is 416 g/mol. The Hall–Kier alpha value is -0.432. The molecule has 2 aromatic carbocycles. The maximum absolute atomic E-state index is 2.77. The first kappa shape index (κ1) is 21.9. The maximum Gasteiger partial charge on any atom is 0.0798 e. The van der Waals surface area contributed by atoms with Gasteiger partial charge in [0.05, 0.1) is 8.07 Å². The van der Waals surface area contributed by atoms with Gasteiger partial charge in [-0.15, -0.1) is 0 Å². The van der Waals surface area contributed by atoms with E-state index >= 15 is 0 Å². The van der Waals surface area contributed by atoms with Crippen molar-refractivity contribution in [1.82, 2.24) is 0 Å². The van der Waals surface area contributed by atoms with Crippen LogP contribution in [0, 0.1) is 0 Å². The fourth-order valence-electron chi connectivity index (χ4n) is 6.39. The Morgan fingerprint density at radius 1 is 0.654 bits per heavy atom. The molecule has 0 aromatic heterocycles. The van der Waals surface area contributed by atoms with Crippen LogP contribution < -0.4 is 5.19 Å². The zero-order valence-electron chi connectivity index (χ0n) is 18.8. The van der Waals surface area contributed by atoms with E-state index in [0.717, 1.165) is 4.79 Å². The summed E-state index contributed by atoms with van der Waals surface area (Å²) < 4.78 is 0. The van der Waals surface area contributed by atoms with Crippen LogP contribution in [0.1, 0.15) is 0 Å². The molecule has 1 atom stereocenters. The zero-order valence-corrected chi connectivity index (χ0v) is 22.8. The van der Waals surface area contributed by atoms with Crippen LogP contribution in [0.15, 0.2) is 42.5 Å². The smallest absolute Gasteiger partial charge is 0.0697 e. The minimum Gasteiger partial charge on any atom is -0.0697 e. The molecule has 0 radical (unpaired) electrons. The molecule has 2 rings (SSSR count). The molecule has 1 unspecified atom stereocenters. The summed E-state index contributed by atoms with van der Waals surface area (Å²) in [5, 5.41) is 4.74. The van der Waals surface area contributed by atoms with Gasteiger partial charge in [0.2, 0.25) is 0 Å². The summed E-state index contributed by atoms with van der Waals surface area (Å²) in [6.45, 7) is 26.4. The Bertz CT molecular complexity index is 743. The van der Waals surface area contributed by atoms with Gasteiger partial charge in [0, 0.05) is 24.2 Å². The van der Waals surface area contributed by atoms with Gasteiger partial charge in [-0.05, 0) is 10.8 Å². The third-order valence-electron chi connectivity index (χ3n) is 5.67. The molecular weight excluding hydrogens is 377 g/mol. The Morgan fingerprint density at radius 3 is 1.65 bits per heavy atom. The molecule has 0 amide bonds. The van der Waals surface area contributed by atoms with Crippen molar-refractivity contribution in [1.29, 1.82) is 0 Å². The molecule has 0 saturated carbocycles. The Balaban J connectivity index is 2.84. The lowest BCUT2D eigenvalue weighted by molar-refractivity contribution is 1.33. The van der Waals surface area contributed by atoms with Crippen molar-refractivity contribution < 1.29 is 0 Å². The molecule has 26 heavy (non-hydrogen) atoms. The van der Waals surface area contributed by atoms with Crippen LogP contribution in [0.3, 0.4) is 0 Å². The van der Waals surface area contributed by atoms with E-state index in [1.165, 1.54) is 11.1 Å². The first-order chi connectivity index (χ1) is 11.7. The van der Waals surface area contributed by atoms with Gasteiger partial charge in [-0.1, -0.05) is 124 Å². The number of benzene rings is 2. The van der Waals surface area contributed by atoms with Crippen molar-refractivity contribution in [3.05, 3.63) is 42.5 Å². The molecule has 0 aliphatic heterocycles. The predicted molar refractivity (Wildman–Crippen MR) is 134 cm³/mol. The number of hydrogen-bond acceptors (Lipinski definition) is 0. The third-order valence-corrected chi connectivity index (χ3v) is 33.5. The average molecular weight is 417 g/mol. The SMILES string of the molecule is C[Si](C)(C)C[Si](C)(c1cccc2ccccc12)C([Si](C)(C)C)[Si](C)(C)C. The number of fused-ring (bicyclic) bond motifs is 1. The molecule has 0 aliphatic carbocycles. The largest absolute Gasteiger partial charge is 0.0798 e. The number of rotatable bonds is 6. The third kappa shape index (κ3) is 4.69. The van der Waals surface area contributed by atoms with Gasteiger partial charge in [0.1, 0.15) is 0 Å². The molecule has 0 N–H and O–H groups in total. The molecule has 144 valence electrons. The molecule has 0 saturated heterocycles. The van der Waals surface area contributed by atoms with E-state index in [-0.39, 0.29) is 0 Å². The highest BCUT2D eigenvalue weighted by Crippen LogP contribution is 2.44. The van der Waals surface area contributed by atoms with Gasteiger partial charge in [0.25, 0.3) is 0 Å². The van der Waals surface area contributed by atoms with Gasteiger partial charge >= 0.3 is 0 Å². The van der Waals surface area contributed by atoms with Crippen molar-refractivity contribution in [2.24, 2.45) is 0 Å². The quantitative estimate of drug-likeness (QED) is 0.439. The first-order valence-corrected chi connectivity index (χ1v) is 23.8. The predicted octanol–water partition coefficient (Wildman–Crippen LogP) is 7.13. The fraction of sp³-hybridized carbons (Fsp3) is 0.545. The van der Waals surface area contributed by atoms with Crippen LogP contribution in [0.5, 0.6) is 0 Å². The highest BCUT2D eigenvalue weighted by molar-refractivity contribution is 7.20. The van der Waals surface area contributed by atoms with Crippen LogP contribution in [0.25, 0.3) is 10.8 Å². The maximum atomic E-state index is 2.77. The Kier molecular flexibility index (Phi) is 6.05. The van der Waals surface area contributed by atoms with Gasteiger partial charge in [-0.2, -0.15) is 0 Å². The molecule has 0 aliphatic rings. The molecule has 0 nitrogen and oxygen atoms in total. The second-order valence-electron chi connectivity index (χ2n) is 11.8. The van der Waals surface area contributed by atoms with E-state index in [9.17, 15) is 0 Å². The number of hydrogen-bond donors (Lipinski definition) is 0. The second kappa shape index (κ2) is 7.19. The standard InChI is InChI=1S/C22H40Si4/c1-23(2,3)18-26(10,22(24(4,5)6)25(7,8)9)21-17-13-15-19-14-11-12-16-20(19)21/h11-17,22H,18H2,1-10H3. The molecular formula is C22H40Si4. The van der Waals surface area contributed by atoms with Crippen molar-refractivity contribution >= 4 is 48.3 Å². The summed E-state index contributed by atoms with van der Waals surface area (Å²) in [5.74, 6) is 0. The van der Waals surface area contributed by atoms with E-state index in [1.807, 2.05) is 0 Å². The fourth-order valence-corrected chi connectivity index (χ4v) is 46.9. The first-order valence-electron chi connectivity index (χ1n) is 10.1. The lowest BCUT2D eigenvalue weighted by Crippen LogP contribution is -2.65. The molecule has 0 heterocycles. The van der Waals surface area contributed by atoms with E-state index in [1.54, 1.807) is 10.6 Å². The van der Waals surface area contributed by atoms with Crippen molar-refractivity contribution in [2.45, 2.75) is 75.9 Å². The lowest BCUT2D eigenvalue weighted by atomic mass is 10.1. The Labute approximate surface area is 166 Å². The lowest BCUT2D eigenvalue weighted by Gasteiger charge is -2.51. The molecule has 0 bridgehead atoms. The van der Waals surface area contributed by atoms with Crippen LogP contribution >= 0.6 is 0 Å². The average Bonchev–Trinajstić information content (AvgIpc) is 2.41. The van der Waals surface area contributed by atoms with Gasteiger partial charge in [-0.3, -0.25) is 0 Å². The minimum atomic E-state index is -1.64. The molecule has 4 heteroatoms. The summed E-state index contributed by atoms with van der Waals surface area (Å²) in [5.41, 5.74) is 1.52. The Morgan fingerprint density at radius 2 is 1.15 bits per heavy atom. The molecule has 2 aromatic rings. The van der Waals surface area contributed by atoms with Crippen LogP contribution in [-0.2, 0) is 0 Å². The van der Waals surface area contributed by atoms with Crippen molar-refractivity contribution in [3.8, 4) is 0 Å². The van der Waals surface area contributed by atoms with Gasteiger partial charge in [-0.25, -0.2) is 0 Å². The summed E-state index contributed by atoms with van der Waals surface area (Å²) >= 11 is 0.